The van der Waals surface area contributed by atoms with Crippen molar-refractivity contribution < 1.29 is 14.3 Å². The van der Waals surface area contributed by atoms with Gasteiger partial charge in [-0.05, 0) is 17.9 Å². The van der Waals surface area contributed by atoms with Gasteiger partial charge in [-0.2, -0.15) is 0 Å². The Kier molecular flexibility index (Phi) is 4.78. The molecule has 0 aliphatic heterocycles. The molecule has 19 heavy (non-hydrogen) atoms. The normalized spacial score (nSPS) is 10.4. The summed E-state index contributed by atoms with van der Waals surface area (Å²) in [5, 5.41) is 2.10. The summed E-state index contributed by atoms with van der Waals surface area (Å²) in [6, 6.07) is 13.7. The molecule has 0 heterocycles. The van der Waals surface area contributed by atoms with Crippen LogP contribution in [0.25, 0.3) is 10.8 Å². The smallest absolute Gasteiger partial charge is 0.344 e. The molecular formula is C16H18O3. The van der Waals surface area contributed by atoms with Crippen molar-refractivity contribution in [3.63, 3.8) is 0 Å². The Bertz CT molecular complexity index is 543. The lowest BCUT2D eigenvalue weighted by Gasteiger charge is -2.09. The Hall–Kier alpha value is -2.03. The number of fused-ring (bicyclic) bond motifs is 1. The molecule has 3 heteroatoms. The molecule has 0 radical (unpaired) electrons. The van der Waals surface area contributed by atoms with Gasteiger partial charge in [0.05, 0.1) is 6.61 Å². The largest absolute Gasteiger partial charge is 0.481 e. The highest BCUT2D eigenvalue weighted by atomic mass is 16.6. The van der Waals surface area contributed by atoms with Crippen molar-refractivity contribution in [1.82, 2.24) is 0 Å². The third kappa shape index (κ3) is 3.71. The van der Waals surface area contributed by atoms with Gasteiger partial charge in [0.1, 0.15) is 5.75 Å². The minimum Gasteiger partial charge on any atom is -0.481 e. The van der Waals surface area contributed by atoms with Crippen LogP contribution in [0.15, 0.2) is 42.5 Å². The molecule has 2 rings (SSSR count). The number of rotatable bonds is 6. The molecule has 0 aliphatic carbocycles. The first-order valence-electron chi connectivity index (χ1n) is 6.57. The SMILES string of the molecule is CCCCOC(=O)COc1cccc2ccccc12. The molecule has 2 aromatic carbocycles. The first-order chi connectivity index (χ1) is 9.31. The maximum absolute atomic E-state index is 11.5. The van der Waals surface area contributed by atoms with E-state index < -0.39 is 0 Å². The van der Waals surface area contributed by atoms with Crippen molar-refractivity contribution in [1.29, 1.82) is 0 Å². The molecule has 0 spiro atoms. The molecule has 0 fully saturated rings. The van der Waals surface area contributed by atoms with Crippen LogP contribution in [-0.2, 0) is 9.53 Å². The molecule has 0 aliphatic rings. The van der Waals surface area contributed by atoms with Crippen LogP contribution in [-0.4, -0.2) is 19.2 Å². The number of hydrogen-bond donors (Lipinski definition) is 0. The summed E-state index contributed by atoms with van der Waals surface area (Å²) in [4.78, 5) is 11.5. The fourth-order valence-corrected chi connectivity index (χ4v) is 1.83. The van der Waals surface area contributed by atoms with Crippen LogP contribution >= 0.6 is 0 Å². The molecule has 0 aromatic heterocycles. The third-order valence-corrected chi connectivity index (χ3v) is 2.86. The first kappa shape index (κ1) is 13.4. The van der Waals surface area contributed by atoms with Crippen molar-refractivity contribution in [2.24, 2.45) is 0 Å². The fourth-order valence-electron chi connectivity index (χ4n) is 1.83. The highest BCUT2D eigenvalue weighted by Crippen LogP contribution is 2.24. The molecule has 0 saturated heterocycles. The Morgan fingerprint density at radius 1 is 1.11 bits per heavy atom. The van der Waals surface area contributed by atoms with Crippen LogP contribution in [0.3, 0.4) is 0 Å². The zero-order valence-electron chi connectivity index (χ0n) is 11.1. The van der Waals surface area contributed by atoms with Crippen LogP contribution in [0, 0.1) is 0 Å². The molecule has 100 valence electrons. The lowest BCUT2D eigenvalue weighted by Crippen LogP contribution is -2.15. The van der Waals surface area contributed by atoms with E-state index in [9.17, 15) is 4.79 Å². The van der Waals surface area contributed by atoms with Gasteiger partial charge in [-0.1, -0.05) is 49.7 Å². The highest BCUT2D eigenvalue weighted by Gasteiger charge is 2.06. The second-order valence-electron chi connectivity index (χ2n) is 4.34. The Balaban J connectivity index is 1.96. The van der Waals surface area contributed by atoms with Gasteiger partial charge in [-0.3, -0.25) is 0 Å². The molecule has 0 atom stereocenters. The summed E-state index contributed by atoms with van der Waals surface area (Å²) in [5.74, 6) is 0.395. The number of esters is 1. The lowest BCUT2D eigenvalue weighted by molar-refractivity contribution is -0.146. The van der Waals surface area contributed by atoms with E-state index >= 15 is 0 Å². The van der Waals surface area contributed by atoms with E-state index in [0.29, 0.717) is 12.4 Å². The second kappa shape index (κ2) is 6.78. The van der Waals surface area contributed by atoms with E-state index in [-0.39, 0.29) is 12.6 Å². The van der Waals surface area contributed by atoms with Crippen molar-refractivity contribution in [2.75, 3.05) is 13.2 Å². The zero-order valence-corrected chi connectivity index (χ0v) is 11.1. The summed E-state index contributed by atoms with van der Waals surface area (Å²) >= 11 is 0. The predicted molar refractivity (Wildman–Crippen MR) is 75.3 cm³/mol. The summed E-state index contributed by atoms with van der Waals surface area (Å²) in [6.45, 7) is 2.48. The monoisotopic (exact) mass is 258 g/mol. The number of carbonyl (C=O) groups is 1. The van der Waals surface area contributed by atoms with E-state index in [0.717, 1.165) is 23.6 Å². The van der Waals surface area contributed by atoms with Gasteiger partial charge < -0.3 is 9.47 Å². The van der Waals surface area contributed by atoms with Gasteiger partial charge in [-0.25, -0.2) is 4.79 Å². The molecular weight excluding hydrogens is 240 g/mol. The topological polar surface area (TPSA) is 35.5 Å². The average Bonchev–Trinajstić information content (AvgIpc) is 2.45. The summed E-state index contributed by atoms with van der Waals surface area (Å²) in [5.41, 5.74) is 0. The van der Waals surface area contributed by atoms with Crippen LogP contribution in [0.2, 0.25) is 0 Å². The summed E-state index contributed by atoms with van der Waals surface area (Å²) < 4.78 is 10.6. The Labute approximate surface area is 113 Å². The Morgan fingerprint density at radius 3 is 2.74 bits per heavy atom. The van der Waals surface area contributed by atoms with Crippen molar-refractivity contribution in [2.45, 2.75) is 19.8 Å². The number of benzene rings is 2. The molecule has 0 amide bonds. The van der Waals surface area contributed by atoms with Gasteiger partial charge >= 0.3 is 5.97 Å². The summed E-state index contributed by atoms with van der Waals surface area (Å²) in [7, 11) is 0. The van der Waals surface area contributed by atoms with Gasteiger partial charge in [-0.15, -0.1) is 0 Å². The van der Waals surface area contributed by atoms with Crippen LogP contribution in [0.5, 0.6) is 5.75 Å². The van der Waals surface area contributed by atoms with E-state index in [1.54, 1.807) is 0 Å². The third-order valence-electron chi connectivity index (χ3n) is 2.86. The number of carbonyl (C=O) groups excluding carboxylic acids is 1. The maximum Gasteiger partial charge on any atom is 0.344 e. The molecule has 2 aromatic rings. The van der Waals surface area contributed by atoms with Crippen LogP contribution in [0.4, 0.5) is 0 Å². The van der Waals surface area contributed by atoms with Crippen molar-refractivity contribution >= 4 is 16.7 Å². The number of ether oxygens (including phenoxy) is 2. The molecule has 0 saturated carbocycles. The maximum atomic E-state index is 11.5. The zero-order chi connectivity index (χ0) is 13.5. The average molecular weight is 258 g/mol. The predicted octanol–water partition coefficient (Wildman–Crippen LogP) is 3.56. The molecule has 0 bridgehead atoms. The number of unbranched alkanes of at least 4 members (excludes halogenated alkanes) is 1. The van der Waals surface area contributed by atoms with E-state index in [1.165, 1.54) is 0 Å². The van der Waals surface area contributed by atoms with Crippen molar-refractivity contribution in [3.05, 3.63) is 42.5 Å². The van der Waals surface area contributed by atoms with Gasteiger partial charge in [0.15, 0.2) is 6.61 Å². The van der Waals surface area contributed by atoms with Gasteiger partial charge in [0.2, 0.25) is 0 Å². The minimum atomic E-state index is -0.318. The molecule has 0 N–H and O–H groups in total. The van der Waals surface area contributed by atoms with E-state index in [4.69, 9.17) is 9.47 Å². The fraction of sp³-hybridized carbons (Fsp3) is 0.312. The van der Waals surface area contributed by atoms with Gasteiger partial charge in [0, 0.05) is 5.39 Å². The van der Waals surface area contributed by atoms with E-state index in [1.807, 2.05) is 42.5 Å². The van der Waals surface area contributed by atoms with Gasteiger partial charge in [0.25, 0.3) is 0 Å². The van der Waals surface area contributed by atoms with Crippen LogP contribution < -0.4 is 4.74 Å². The first-order valence-corrected chi connectivity index (χ1v) is 6.57. The number of hydrogen-bond acceptors (Lipinski definition) is 3. The summed E-state index contributed by atoms with van der Waals surface area (Å²) in [6.07, 6.45) is 1.90. The minimum absolute atomic E-state index is 0.0439. The van der Waals surface area contributed by atoms with Crippen molar-refractivity contribution in [3.8, 4) is 5.75 Å². The molecule has 3 nitrogen and oxygen atoms in total. The highest BCUT2D eigenvalue weighted by molar-refractivity contribution is 5.88. The standard InChI is InChI=1S/C16H18O3/c1-2-3-11-18-16(17)12-19-15-10-6-8-13-7-4-5-9-14(13)15/h4-10H,2-3,11-12H2,1H3. The lowest BCUT2D eigenvalue weighted by atomic mass is 10.1. The Morgan fingerprint density at radius 2 is 1.89 bits per heavy atom. The van der Waals surface area contributed by atoms with E-state index in [2.05, 4.69) is 6.92 Å². The quantitative estimate of drug-likeness (QED) is 0.587. The molecule has 0 unspecified atom stereocenters. The second-order valence-corrected chi connectivity index (χ2v) is 4.34. The van der Waals surface area contributed by atoms with Crippen LogP contribution in [0.1, 0.15) is 19.8 Å².